The largest absolute Gasteiger partial charge is 0.454 e. The number of nitrogens with zero attached hydrogens (tertiary/aromatic N) is 1. The van der Waals surface area contributed by atoms with Crippen LogP contribution in [-0.4, -0.2) is 4.57 Å². The summed E-state index contributed by atoms with van der Waals surface area (Å²) >= 11 is 0. The number of rotatable bonds is 3. The molecule has 0 radical (unpaired) electrons. The Morgan fingerprint density at radius 3 is 1.93 bits per heavy atom. The molecule has 0 unspecified atom stereocenters. The van der Waals surface area contributed by atoms with Crippen molar-refractivity contribution in [2.24, 2.45) is 0 Å². The molecule has 0 bridgehead atoms. The smallest absolute Gasteiger partial charge is 0.161 e. The molecule has 0 saturated carbocycles. The average Bonchev–Trinajstić information content (AvgIpc) is 3.74. The molecule has 0 atom stereocenters. The third-order valence-corrected chi connectivity index (χ3v) is 8.33. The summed E-state index contributed by atoms with van der Waals surface area (Å²) in [6.45, 7) is 0. The topological polar surface area (TPSA) is 18.1 Å². The highest BCUT2D eigenvalue weighted by atomic mass is 16.3. The summed E-state index contributed by atoms with van der Waals surface area (Å²) in [5.74, 6) is 0. The Kier molecular flexibility index (Phi) is 2.92. The van der Waals surface area contributed by atoms with Crippen LogP contribution in [0.3, 0.4) is 0 Å². The third kappa shape index (κ3) is 3.20. The van der Waals surface area contributed by atoms with Gasteiger partial charge in [-0.25, -0.2) is 0 Å². The van der Waals surface area contributed by atoms with Gasteiger partial charge < -0.3 is 8.98 Å². The monoisotopic (exact) mass is 572 g/mol. The molecule has 0 fully saturated rings. The van der Waals surface area contributed by atoms with Crippen molar-refractivity contribution < 1.29 is 22.2 Å². The molecule has 0 N–H and O–H groups in total. The minimum atomic E-state index is -0.694. The van der Waals surface area contributed by atoms with E-state index in [0.29, 0.717) is 22.2 Å². The first-order valence-corrected chi connectivity index (χ1v) is 14.1. The number of benzene rings is 8. The van der Waals surface area contributed by atoms with Crippen LogP contribution >= 0.6 is 0 Å². The molecule has 0 aliphatic carbocycles. The molecular formula is C42H25NO. The molecule has 2 heterocycles. The van der Waals surface area contributed by atoms with Crippen molar-refractivity contribution in [1.82, 2.24) is 4.57 Å². The lowest BCUT2D eigenvalue weighted by Gasteiger charge is -2.17. The Hall–Kier alpha value is -5.86. The summed E-state index contributed by atoms with van der Waals surface area (Å²) in [6.07, 6.45) is 0. The van der Waals surface area contributed by atoms with Crippen molar-refractivity contribution in [2.75, 3.05) is 0 Å². The molecule has 10 rings (SSSR count). The van der Waals surface area contributed by atoms with Crippen LogP contribution in [0.4, 0.5) is 0 Å². The van der Waals surface area contributed by atoms with Crippen molar-refractivity contribution in [1.29, 1.82) is 0 Å². The highest BCUT2D eigenvalue weighted by Gasteiger charge is 2.21. The van der Waals surface area contributed by atoms with Gasteiger partial charge in [0.2, 0.25) is 0 Å². The predicted molar refractivity (Wildman–Crippen MR) is 185 cm³/mol. The maximum Gasteiger partial charge on any atom is 0.161 e. The van der Waals surface area contributed by atoms with Gasteiger partial charge >= 0.3 is 0 Å². The van der Waals surface area contributed by atoms with E-state index in [4.69, 9.17) is 14.0 Å². The fourth-order valence-electron chi connectivity index (χ4n) is 6.43. The van der Waals surface area contributed by atoms with E-state index in [-0.39, 0.29) is 49.5 Å². The lowest BCUT2D eigenvalue weighted by atomic mass is 9.87. The van der Waals surface area contributed by atoms with Crippen LogP contribution in [0.15, 0.2) is 156 Å². The molecule has 2 nitrogen and oxygen atoms in total. The molecule has 0 saturated heterocycles. The van der Waals surface area contributed by atoms with Gasteiger partial charge in [-0.05, 0) is 91.0 Å². The zero-order valence-electron chi connectivity index (χ0n) is 35.8. The summed E-state index contributed by atoms with van der Waals surface area (Å²) in [6, 6.07) is 15.3. The van der Waals surface area contributed by atoms with Gasteiger partial charge in [0.25, 0.3) is 0 Å². The zero-order chi connectivity index (χ0) is 40.1. The Labute approximate surface area is 271 Å². The van der Waals surface area contributed by atoms with E-state index in [1.165, 1.54) is 0 Å². The van der Waals surface area contributed by atoms with E-state index in [0.717, 1.165) is 22.0 Å². The van der Waals surface area contributed by atoms with E-state index in [1.807, 2.05) is 71.3 Å². The minimum absolute atomic E-state index is 0.0115. The first-order chi connectivity index (χ1) is 27.3. The number of fused-ring (bicyclic) bond motifs is 5. The molecule has 0 aliphatic rings. The highest BCUT2D eigenvalue weighted by molar-refractivity contribution is 6.28. The third-order valence-electron chi connectivity index (χ3n) is 8.33. The number of hydrogen-bond donors (Lipinski definition) is 0. The molecule has 2 heteroatoms. The maximum atomic E-state index is 9.41. The Morgan fingerprint density at radius 2 is 1.18 bits per heavy atom. The van der Waals surface area contributed by atoms with Gasteiger partial charge in [0.1, 0.15) is 11.1 Å². The average molecular weight is 573 g/mol. The van der Waals surface area contributed by atoms with E-state index in [9.17, 15) is 8.22 Å². The standard InChI is InChI=1S/C42H25NO/c1-3-9-26(10-4-1)31-20-15-27-18-23-34-32(21-16-28-17-22-33(31)39(27)40(28)34)29-19-24-35-37(25-29)43(30-11-5-2-6-12-30)41-36-13-7-8-14-38(36)44-42(35)41/h1-25H/i1D,3D,4D,9D,10D,15D,16D,17D,18D,20D,21D,22D,23D. The second-order valence-electron chi connectivity index (χ2n) is 10.7. The van der Waals surface area contributed by atoms with Crippen molar-refractivity contribution in [2.45, 2.75) is 0 Å². The van der Waals surface area contributed by atoms with Gasteiger partial charge in [0, 0.05) is 16.5 Å². The molecule has 0 aliphatic heterocycles. The summed E-state index contributed by atoms with van der Waals surface area (Å²) in [5, 5.41) is 1.05. The van der Waals surface area contributed by atoms with Crippen molar-refractivity contribution in [3.8, 4) is 27.9 Å². The Balaban J connectivity index is 1.40. The van der Waals surface area contributed by atoms with Gasteiger partial charge in [-0.3, -0.25) is 0 Å². The normalized spacial score (nSPS) is 16.2. The van der Waals surface area contributed by atoms with E-state index in [1.54, 1.807) is 6.07 Å². The lowest BCUT2D eigenvalue weighted by molar-refractivity contribution is 0.673. The molecule has 0 spiro atoms. The molecule has 2 aromatic heterocycles. The summed E-state index contributed by atoms with van der Waals surface area (Å²) in [4.78, 5) is 0. The van der Waals surface area contributed by atoms with Crippen molar-refractivity contribution >= 4 is 65.3 Å². The van der Waals surface area contributed by atoms with Gasteiger partial charge in [-0.1, -0.05) is 115 Å². The zero-order valence-corrected chi connectivity index (χ0v) is 22.8. The van der Waals surface area contributed by atoms with Crippen LogP contribution in [0.5, 0.6) is 0 Å². The van der Waals surface area contributed by atoms with Crippen molar-refractivity contribution in [3.63, 3.8) is 0 Å². The van der Waals surface area contributed by atoms with Gasteiger partial charge in [-0.15, -0.1) is 0 Å². The SMILES string of the molecule is [2H]c1c([2H])c([2H])c(-c2c([2H])c([2H])c3c([2H])c([2H])c4c(-c5ccc6c7oc8ccccc8c7n(-c7ccccc7)c6c5)c([2H])c([2H])c5c([2H])c([2H])c2c3c54)c([2H])c1[2H]. The summed E-state index contributed by atoms with van der Waals surface area (Å²) in [5.41, 5.74) is 3.37. The molecule has 44 heavy (non-hydrogen) atoms. The Bertz CT molecular complexity index is 3410. The van der Waals surface area contributed by atoms with E-state index in [2.05, 4.69) is 0 Å². The van der Waals surface area contributed by atoms with Gasteiger partial charge in [0.05, 0.1) is 23.3 Å². The maximum absolute atomic E-state index is 9.41. The number of furan rings is 1. The number of aromatic nitrogens is 1. The fourth-order valence-corrected chi connectivity index (χ4v) is 6.43. The van der Waals surface area contributed by atoms with Crippen LogP contribution in [0.1, 0.15) is 17.8 Å². The first kappa shape index (κ1) is 14.5. The fraction of sp³-hybridized carbons (Fsp3) is 0. The highest BCUT2D eigenvalue weighted by Crippen LogP contribution is 2.44. The quantitative estimate of drug-likeness (QED) is 0.193. The molecule has 10 aromatic rings. The number of para-hydroxylation sites is 2. The second kappa shape index (κ2) is 8.82. The molecule has 204 valence electrons. The van der Waals surface area contributed by atoms with Crippen LogP contribution in [-0.2, 0) is 0 Å². The molecule has 0 amide bonds. The summed E-state index contributed by atoms with van der Waals surface area (Å²) in [7, 11) is 0. The Morgan fingerprint density at radius 1 is 0.523 bits per heavy atom. The second-order valence-corrected chi connectivity index (χ2v) is 10.7. The van der Waals surface area contributed by atoms with Crippen LogP contribution in [0.2, 0.25) is 0 Å². The van der Waals surface area contributed by atoms with Crippen LogP contribution in [0.25, 0.3) is 93.2 Å². The summed E-state index contributed by atoms with van der Waals surface area (Å²) < 4.78 is 125. The number of hydrogen-bond acceptors (Lipinski definition) is 1. The van der Waals surface area contributed by atoms with Crippen molar-refractivity contribution in [3.05, 3.63) is 151 Å². The molecular weight excluding hydrogens is 534 g/mol. The van der Waals surface area contributed by atoms with Crippen LogP contribution < -0.4 is 0 Å². The van der Waals surface area contributed by atoms with E-state index < -0.39 is 78.1 Å². The predicted octanol–water partition coefficient (Wildman–Crippen LogP) is 11.8. The van der Waals surface area contributed by atoms with Gasteiger partial charge in [-0.2, -0.15) is 0 Å². The lowest BCUT2D eigenvalue weighted by Crippen LogP contribution is -1.94. The van der Waals surface area contributed by atoms with E-state index >= 15 is 0 Å². The first-order valence-electron chi connectivity index (χ1n) is 20.6. The van der Waals surface area contributed by atoms with Gasteiger partial charge in [0.15, 0.2) is 5.58 Å². The minimum Gasteiger partial charge on any atom is -0.454 e. The molecule has 8 aromatic carbocycles. The van der Waals surface area contributed by atoms with Crippen LogP contribution in [0, 0.1) is 0 Å².